The molecule has 2 rings (SSSR count). The largest absolute Gasteiger partial charge is 0.480 e. The van der Waals surface area contributed by atoms with Crippen molar-refractivity contribution in [2.45, 2.75) is 37.5 Å². The SMILES string of the molecule is O=C(O)[C@H]1CCCN1C(=O)C1CC(O)CN1. The van der Waals surface area contributed by atoms with Crippen LogP contribution < -0.4 is 5.32 Å². The molecule has 0 aromatic carbocycles. The number of carbonyl (C=O) groups excluding carboxylic acids is 1. The molecule has 0 aromatic heterocycles. The van der Waals surface area contributed by atoms with Gasteiger partial charge < -0.3 is 20.4 Å². The number of aliphatic hydroxyl groups excluding tert-OH is 1. The Balaban J connectivity index is 2.01. The van der Waals surface area contributed by atoms with Crippen molar-refractivity contribution in [3.8, 4) is 0 Å². The smallest absolute Gasteiger partial charge is 0.326 e. The summed E-state index contributed by atoms with van der Waals surface area (Å²) in [5, 5.41) is 21.2. The van der Waals surface area contributed by atoms with Gasteiger partial charge in [-0.3, -0.25) is 4.79 Å². The van der Waals surface area contributed by atoms with Crippen LogP contribution in [0.4, 0.5) is 0 Å². The van der Waals surface area contributed by atoms with Crippen LogP contribution in [-0.2, 0) is 9.59 Å². The van der Waals surface area contributed by atoms with E-state index < -0.39 is 24.2 Å². The quantitative estimate of drug-likeness (QED) is 0.551. The fourth-order valence-corrected chi connectivity index (χ4v) is 2.39. The molecule has 90 valence electrons. The molecule has 2 saturated heterocycles. The fraction of sp³-hybridized carbons (Fsp3) is 0.800. The third-order valence-electron chi connectivity index (χ3n) is 3.23. The maximum absolute atomic E-state index is 12.0. The molecule has 0 radical (unpaired) electrons. The molecule has 2 unspecified atom stereocenters. The number of nitrogens with one attached hydrogen (secondary N) is 1. The maximum Gasteiger partial charge on any atom is 0.326 e. The number of likely N-dealkylation sites (tertiary alicyclic amines) is 1. The lowest BCUT2D eigenvalue weighted by atomic mass is 10.1. The van der Waals surface area contributed by atoms with Gasteiger partial charge in [0.05, 0.1) is 12.1 Å². The predicted octanol–water partition coefficient (Wildman–Crippen LogP) is -1.22. The lowest BCUT2D eigenvalue weighted by molar-refractivity contribution is -0.148. The van der Waals surface area contributed by atoms with Gasteiger partial charge in [0, 0.05) is 13.1 Å². The summed E-state index contributed by atoms with van der Waals surface area (Å²) in [4.78, 5) is 24.3. The first-order valence-corrected chi connectivity index (χ1v) is 5.54. The van der Waals surface area contributed by atoms with Crippen molar-refractivity contribution in [2.24, 2.45) is 0 Å². The number of hydrogen-bond acceptors (Lipinski definition) is 4. The van der Waals surface area contributed by atoms with E-state index in [-0.39, 0.29) is 5.91 Å². The third-order valence-corrected chi connectivity index (χ3v) is 3.23. The first kappa shape index (κ1) is 11.3. The summed E-state index contributed by atoms with van der Waals surface area (Å²) in [7, 11) is 0. The summed E-state index contributed by atoms with van der Waals surface area (Å²) in [6.45, 7) is 0.909. The van der Waals surface area contributed by atoms with Gasteiger partial charge in [-0.1, -0.05) is 0 Å². The molecule has 0 aliphatic carbocycles. The molecule has 16 heavy (non-hydrogen) atoms. The number of amides is 1. The van der Waals surface area contributed by atoms with Gasteiger partial charge in [-0.2, -0.15) is 0 Å². The van der Waals surface area contributed by atoms with Crippen LogP contribution in [0.3, 0.4) is 0 Å². The van der Waals surface area contributed by atoms with E-state index in [1.807, 2.05) is 0 Å². The molecule has 2 aliphatic rings. The van der Waals surface area contributed by atoms with E-state index in [1.165, 1.54) is 4.90 Å². The van der Waals surface area contributed by atoms with Crippen LogP contribution in [0.25, 0.3) is 0 Å². The number of rotatable bonds is 2. The number of carbonyl (C=O) groups is 2. The third kappa shape index (κ3) is 2.03. The molecule has 0 aromatic rings. The Labute approximate surface area is 93.2 Å². The van der Waals surface area contributed by atoms with Gasteiger partial charge in [-0.25, -0.2) is 4.79 Å². The van der Waals surface area contributed by atoms with Gasteiger partial charge in [0.25, 0.3) is 0 Å². The molecule has 2 heterocycles. The van der Waals surface area contributed by atoms with E-state index >= 15 is 0 Å². The summed E-state index contributed by atoms with van der Waals surface area (Å²) in [5.74, 6) is -1.13. The van der Waals surface area contributed by atoms with E-state index in [0.29, 0.717) is 25.9 Å². The Morgan fingerprint density at radius 1 is 1.38 bits per heavy atom. The molecule has 6 nitrogen and oxygen atoms in total. The monoisotopic (exact) mass is 228 g/mol. The molecule has 3 atom stereocenters. The van der Waals surface area contributed by atoms with E-state index in [2.05, 4.69) is 5.32 Å². The molecule has 2 fully saturated rings. The zero-order valence-electron chi connectivity index (χ0n) is 8.93. The minimum atomic E-state index is -0.940. The summed E-state index contributed by atoms with van der Waals surface area (Å²) < 4.78 is 0. The highest BCUT2D eigenvalue weighted by Crippen LogP contribution is 2.20. The van der Waals surface area contributed by atoms with Crippen LogP contribution >= 0.6 is 0 Å². The Morgan fingerprint density at radius 2 is 2.12 bits per heavy atom. The standard InChI is InChI=1S/C10H16N2O4/c13-6-4-7(11-5-6)9(14)12-3-1-2-8(12)10(15)16/h6-8,11,13H,1-5H2,(H,15,16)/t6?,7?,8-/m1/s1. The molecular formula is C10H16N2O4. The molecule has 0 saturated carbocycles. The minimum Gasteiger partial charge on any atom is -0.480 e. The van der Waals surface area contributed by atoms with Crippen molar-refractivity contribution in [3.63, 3.8) is 0 Å². The Hall–Kier alpha value is -1.14. The zero-order chi connectivity index (χ0) is 11.7. The normalized spacial score (nSPS) is 34.3. The van der Waals surface area contributed by atoms with E-state index in [0.717, 1.165) is 6.42 Å². The first-order valence-electron chi connectivity index (χ1n) is 5.54. The van der Waals surface area contributed by atoms with Crippen molar-refractivity contribution in [1.29, 1.82) is 0 Å². The second kappa shape index (κ2) is 4.39. The number of aliphatic carboxylic acids is 1. The molecule has 2 aliphatic heterocycles. The van der Waals surface area contributed by atoms with Crippen LogP contribution in [-0.4, -0.2) is 58.3 Å². The average Bonchev–Trinajstić information content (AvgIpc) is 2.84. The molecule has 3 N–H and O–H groups in total. The minimum absolute atomic E-state index is 0.193. The van der Waals surface area contributed by atoms with Gasteiger partial charge >= 0.3 is 5.97 Å². The molecule has 0 spiro atoms. The van der Waals surface area contributed by atoms with Gasteiger partial charge in [0.2, 0.25) is 5.91 Å². The van der Waals surface area contributed by atoms with Crippen molar-refractivity contribution in [3.05, 3.63) is 0 Å². The van der Waals surface area contributed by atoms with Gasteiger partial charge in [-0.05, 0) is 19.3 Å². The summed E-state index contributed by atoms with van der Waals surface area (Å²) >= 11 is 0. The maximum atomic E-state index is 12.0. The van der Waals surface area contributed by atoms with Crippen LogP contribution in [0.15, 0.2) is 0 Å². The number of hydrogen-bond donors (Lipinski definition) is 3. The van der Waals surface area contributed by atoms with Crippen LogP contribution in [0.2, 0.25) is 0 Å². The highest BCUT2D eigenvalue weighted by atomic mass is 16.4. The topological polar surface area (TPSA) is 89.9 Å². The van der Waals surface area contributed by atoms with E-state index in [1.54, 1.807) is 0 Å². The number of carboxylic acids is 1. The highest BCUT2D eigenvalue weighted by Gasteiger charge is 2.39. The molecule has 6 heteroatoms. The van der Waals surface area contributed by atoms with Crippen LogP contribution in [0.5, 0.6) is 0 Å². The Kier molecular flexibility index (Phi) is 3.11. The zero-order valence-corrected chi connectivity index (χ0v) is 8.93. The molecular weight excluding hydrogens is 212 g/mol. The average molecular weight is 228 g/mol. The van der Waals surface area contributed by atoms with E-state index in [4.69, 9.17) is 5.11 Å². The van der Waals surface area contributed by atoms with Crippen molar-refractivity contribution < 1.29 is 19.8 Å². The van der Waals surface area contributed by atoms with Gasteiger partial charge in [0.1, 0.15) is 6.04 Å². The summed E-state index contributed by atoms with van der Waals surface area (Å²) in [6, 6.07) is -1.11. The fourth-order valence-electron chi connectivity index (χ4n) is 2.39. The van der Waals surface area contributed by atoms with Crippen molar-refractivity contribution in [1.82, 2.24) is 10.2 Å². The highest BCUT2D eigenvalue weighted by molar-refractivity contribution is 5.87. The molecule has 1 amide bonds. The number of nitrogens with zero attached hydrogens (tertiary/aromatic N) is 1. The van der Waals surface area contributed by atoms with Crippen LogP contribution in [0.1, 0.15) is 19.3 Å². The van der Waals surface area contributed by atoms with Crippen molar-refractivity contribution in [2.75, 3.05) is 13.1 Å². The molecule has 0 bridgehead atoms. The van der Waals surface area contributed by atoms with Gasteiger partial charge in [0.15, 0.2) is 0 Å². The van der Waals surface area contributed by atoms with Crippen molar-refractivity contribution >= 4 is 11.9 Å². The Bertz CT molecular complexity index is 307. The predicted molar refractivity (Wildman–Crippen MR) is 54.8 cm³/mol. The number of carboxylic acid groups (broad SMARTS) is 1. The lowest BCUT2D eigenvalue weighted by Crippen LogP contribution is -2.48. The van der Waals surface area contributed by atoms with Gasteiger partial charge in [-0.15, -0.1) is 0 Å². The lowest BCUT2D eigenvalue weighted by Gasteiger charge is -2.24. The number of β-amino-alcohol motifs (C(OH)–C–C–N with tert-alkyl or cyclic N) is 1. The first-order chi connectivity index (χ1) is 7.59. The van der Waals surface area contributed by atoms with E-state index in [9.17, 15) is 14.7 Å². The summed E-state index contributed by atoms with van der Waals surface area (Å²) in [6.07, 6.45) is 1.13. The summed E-state index contributed by atoms with van der Waals surface area (Å²) in [5.41, 5.74) is 0. The Morgan fingerprint density at radius 3 is 2.69 bits per heavy atom. The second-order valence-corrected chi connectivity index (χ2v) is 4.38. The second-order valence-electron chi connectivity index (χ2n) is 4.38. The number of aliphatic hydroxyl groups is 1. The van der Waals surface area contributed by atoms with Crippen LogP contribution in [0, 0.1) is 0 Å².